The van der Waals surface area contributed by atoms with Crippen molar-refractivity contribution in [2.75, 3.05) is 18.0 Å². The number of nitrogens with one attached hydrogen (secondary N) is 1. The molecule has 90 valence electrons. The summed E-state index contributed by atoms with van der Waals surface area (Å²) in [7, 11) is 0. The van der Waals surface area contributed by atoms with Gasteiger partial charge in [-0.3, -0.25) is 0 Å². The van der Waals surface area contributed by atoms with E-state index >= 15 is 0 Å². The smallest absolute Gasteiger partial charge is 0.0405 e. The first-order valence-electron chi connectivity index (χ1n) is 7.00. The molecule has 2 nitrogen and oxygen atoms in total. The van der Waals surface area contributed by atoms with Gasteiger partial charge < -0.3 is 10.2 Å². The molecule has 1 aromatic rings. The van der Waals surface area contributed by atoms with Crippen molar-refractivity contribution in [1.82, 2.24) is 5.32 Å². The second-order valence-electron chi connectivity index (χ2n) is 5.83. The first-order valence-corrected chi connectivity index (χ1v) is 7.00. The summed E-state index contributed by atoms with van der Waals surface area (Å²) in [5, 5.41) is 3.47. The Morgan fingerprint density at radius 3 is 3.06 bits per heavy atom. The third-order valence-electron chi connectivity index (χ3n) is 4.83. The van der Waals surface area contributed by atoms with Crippen LogP contribution in [0, 0.1) is 5.92 Å². The summed E-state index contributed by atoms with van der Waals surface area (Å²) in [4.78, 5) is 2.71. The monoisotopic (exact) mass is 228 g/mol. The summed E-state index contributed by atoms with van der Waals surface area (Å²) in [6.07, 6.45) is 5.55. The van der Waals surface area contributed by atoms with Crippen molar-refractivity contribution in [3.8, 4) is 0 Å². The summed E-state index contributed by atoms with van der Waals surface area (Å²) in [6, 6.07) is 7.73. The van der Waals surface area contributed by atoms with Crippen LogP contribution >= 0.6 is 0 Å². The van der Waals surface area contributed by atoms with Gasteiger partial charge in [-0.25, -0.2) is 0 Å². The van der Waals surface area contributed by atoms with E-state index in [0.717, 1.165) is 25.0 Å². The molecule has 0 spiro atoms. The molecule has 0 aromatic heterocycles. The summed E-state index contributed by atoms with van der Waals surface area (Å²) in [5.41, 5.74) is 4.70. The fraction of sp³-hybridized carbons (Fsp3) is 0.600. The van der Waals surface area contributed by atoms with Gasteiger partial charge >= 0.3 is 0 Å². The number of rotatable bonds is 1. The number of hydrogen-bond donors (Lipinski definition) is 1. The number of nitrogens with zero attached hydrogens (tertiary/aromatic N) is 1. The Balaban J connectivity index is 1.73. The fourth-order valence-corrected chi connectivity index (χ4v) is 4.00. The third-order valence-corrected chi connectivity index (χ3v) is 4.83. The zero-order chi connectivity index (χ0) is 11.2. The van der Waals surface area contributed by atoms with Crippen molar-refractivity contribution >= 4 is 5.69 Å². The van der Waals surface area contributed by atoms with Gasteiger partial charge in [-0.05, 0) is 55.3 Å². The SMILES string of the molecule is c1cc2c(c(N3CC4CCC3C4)c1)CCNC2. The second-order valence-corrected chi connectivity index (χ2v) is 5.83. The van der Waals surface area contributed by atoms with Crippen molar-refractivity contribution in [3.63, 3.8) is 0 Å². The van der Waals surface area contributed by atoms with Crippen molar-refractivity contribution in [2.24, 2.45) is 5.92 Å². The first kappa shape index (κ1) is 9.95. The van der Waals surface area contributed by atoms with Crippen molar-refractivity contribution in [3.05, 3.63) is 29.3 Å². The van der Waals surface area contributed by atoms with Crippen LogP contribution in [0.4, 0.5) is 5.69 Å². The van der Waals surface area contributed by atoms with Crippen LogP contribution in [0.25, 0.3) is 0 Å². The molecule has 2 unspecified atom stereocenters. The predicted octanol–water partition coefficient (Wildman–Crippen LogP) is 2.32. The molecule has 1 aromatic carbocycles. The van der Waals surface area contributed by atoms with Crippen LogP contribution in [0.1, 0.15) is 30.4 Å². The zero-order valence-corrected chi connectivity index (χ0v) is 10.3. The van der Waals surface area contributed by atoms with Crippen LogP contribution in [-0.2, 0) is 13.0 Å². The van der Waals surface area contributed by atoms with Gasteiger partial charge in [0.15, 0.2) is 0 Å². The van der Waals surface area contributed by atoms with E-state index in [0.29, 0.717) is 0 Å². The molecule has 2 heteroatoms. The lowest BCUT2D eigenvalue weighted by atomic mass is 9.97. The lowest BCUT2D eigenvalue weighted by molar-refractivity contribution is 0.550. The molecule has 1 saturated heterocycles. The lowest BCUT2D eigenvalue weighted by Gasteiger charge is -2.33. The molecule has 2 aliphatic heterocycles. The minimum atomic E-state index is 0.849. The highest BCUT2D eigenvalue weighted by molar-refractivity contribution is 5.59. The van der Waals surface area contributed by atoms with Crippen molar-refractivity contribution in [2.45, 2.75) is 38.3 Å². The van der Waals surface area contributed by atoms with E-state index in [1.165, 1.54) is 37.8 Å². The van der Waals surface area contributed by atoms with Crippen molar-refractivity contribution < 1.29 is 0 Å². The number of piperidine rings is 1. The van der Waals surface area contributed by atoms with Gasteiger partial charge in [0.05, 0.1) is 0 Å². The maximum atomic E-state index is 3.47. The molecule has 1 saturated carbocycles. The number of benzene rings is 1. The largest absolute Gasteiger partial charge is 0.368 e. The average molecular weight is 228 g/mol. The molecule has 2 bridgehead atoms. The molecule has 3 aliphatic rings. The molecule has 2 atom stereocenters. The summed E-state index contributed by atoms with van der Waals surface area (Å²) >= 11 is 0. The molecule has 2 fully saturated rings. The maximum Gasteiger partial charge on any atom is 0.0405 e. The van der Waals surface area contributed by atoms with Crippen LogP contribution < -0.4 is 10.2 Å². The van der Waals surface area contributed by atoms with Gasteiger partial charge in [-0.1, -0.05) is 12.1 Å². The van der Waals surface area contributed by atoms with E-state index in [9.17, 15) is 0 Å². The maximum absolute atomic E-state index is 3.47. The minimum absolute atomic E-state index is 0.849. The normalized spacial score (nSPS) is 30.7. The highest BCUT2D eigenvalue weighted by Crippen LogP contribution is 2.42. The van der Waals surface area contributed by atoms with Gasteiger partial charge in [0.25, 0.3) is 0 Å². The zero-order valence-electron chi connectivity index (χ0n) is 10.3. The Bertz CT molecular complexity index is 441. The van der Waals surface area contributed by atoms with Gasteiger partial charge in [-0.15, -0.1) is 0 Å². The third kappa shape index (κ3) is 1.50. The van der Waals surface area contributed by atoms with E-state index in [1.54, 1.807) is 11.3 Å². The van der Waals surface area contributed by atoms with Crippen molar-refractivity contribution in [1.29, 1.82) is 0 Å². The topological polar surface area (TPSA) is 15.3 Å². The highest BCUT2D eigenvalue weighted by atomic mass is 15.2. The predicted molar refractivity (Wildman–Crippen MR) is 70.3 cm³/mol. The van der Waals surface area contributed by atoms with Crippen LogP contribution in [0.5, 0.6) is 0 Å². The number of fused-ring (bicyclic) bond motifs is 3. The van der Waals surface area contributed by atoms with E-state index in [4.69, 9.17) is 0 Å². The summed E-state index contributed by atoms with van der Waals surface area (Å²) in [6.45, 7) is 3.52. The summed E-state index contributed by atoms with van der Waals surface area (Å²) in [5.74, 6) is 0.984. The standard InChI is InChI=1S/C15H20N2/c1-2-12-9-16-7-6-14(12)15(3-1)17-10-11-4-5-13(17)8-11/h1-3,11,13,16H,4-10H2. The number of hydrogen-bond acceptors (Lipinski definition) is 2. The number of anilines is 1. The molecule has 17 heavy (non-hydrogen) atoms. The molecular formula is C15H20N2. The van der Waals surface area contributed by atoms with E-state index in [1.807, 2.05) is 0 Å². The Kier molecular flexibility index (Phi) is 2.19. The van der Waals surface area contributed by atoms with Crippen LogP contribution in [-0.4, -0.2) is 19.1 Å². The molecule has 1 aliphatic carbocycles. The van der Waals surface area contributed by atoms with Gasteiger partial charge in [0.2, 0.25) is 0 Å². The molecule has 0 radical (unpaired) electrons. The Morgan fingerprint density at radius 1 is 1.24 bits per heavy atom. The fourth-order valence-electron chi connectivity index (χ4n) is 4.00. The average Bonchev–Trinajstić information content (AvgIpc) is 3.00. The highest BCUT2D eigenvalue weighted by Gasteiger charge is 2.38. The van der Waals surface area contributed by atoms with E-state index < -0.39 is 0 Å². The van der Waals surface area contributed by atoms with Gasteiger partial charge in [0, 0.05) is 24.8 Å². The molecule has 0 amide bonds. The quantitative estimate of drug-likeness (QED) is 0.793. The first-order chi connectivity index (χ1) is 8.42. The van der Waals surface area contributed by atoms with Gasteiger partial charge in [0.1, 0.15) is 0 Å². The molecule has 4 rings (SSSR count). The molecule has 1 N–H and O–H groups in total. The minimum Gasteiger partial charge on any atom is -0.368 e. The van der Waals surface area contributed by atoms with E-state index in [-0.39, 0.29) is 0 Å². The summed E-state index contributed by atoms with van der Waals surface area (Å²) < 4.78 is 0. The van der Waals surface area contributed by atoms with Crippen LogP contribution in [0.2, 0.25) is 0 Å². The molecule has 2 heterocycles. The second kappa shape index (κ2) is 3.74. The Morgan fingerprint density at radius 2 is 2.24 bits per heavy atom. The van der Waals surface area contributed by atoms with Crippen LogP contribution in [0.15, 0.2) is 18.2 Å². The van der Waals surface area contributed by atoms with Gasteiger partial charge in [-0.2, -0.15) is 0 Å². The lowest BCUT2D eigenvalue weighted by Crippen LogP contribution is -2.34. The van der Waals surface area contributed by atoms with Crippen LogP contribution in [0.3, 0.4) is 0 Å². The van der Waals surface area contributed by atoms with E-state index in [2.05, 4.69) is 28.4 Å². The Hall–Kier alpha value is -1.02. The molecular weight excluding hydrogens is 208 g/mol. The Labute approximate surface area is 103 Å².